The average Bonchev–Trinajstić information content (AvgIpc) is 3.43. The number of morpholine rings is 2. The van der Waals surface area contributed by atoms with Gasteiger partial charge in [0.15, 0.2) is 5.54 Å². The van der Waals surface area contributed by atoms with Gasteiger partial charge in [0.1, 0.15) is 5.76 Å². The number of ether oxygens (including phenoxy) is 2. The monoisotopic (exact) mass is 624 g/mol. The van der Waals surface area contributed by atoms with Crippen LogP contribution in [0, 0.1) is 0 Å². The molecular weight excluding hydrogens is 588 g/mol. The Balaban J connectivity index is 1.50. The number of anilines is 1. The minimum Gasteiger partial charge on any atom is -0.507 e. The van der Waals surface area contributed by atoms with Crippen LogP contribution in [0.3, 0.4) is 0 Å². The van der Waals surface area contributed by atoms with Gasteiger partial charge in [0.2, 0.25) is 10.0 Å². The van der Waals surface area contributed by atoms with E-state index in [1.165, 1.54) is 33.5 Å². The van der Waals surface area contributed by atoms with Crippen LogP contribution in [-0.2, 0) is 39.4 Å². The predicted molar refractivity (Wildman–Crippen MR) is 160 cm³/mol. The molecule has 1 spiro atoms. The quantitative estimate of drug-likeness (QED) is 0.262. The molecule has 4 heterocycles. The molecule has 2 amide bonds. The molecule has 3 saturated heterocycles. The lowest BCUT2D eigenvalue weighted by molar-refractivity contribution is -0.144. The van der Waals surface area contributed by atoms with Crippen molar-refractivity contribution >= 4 is 39.1 Å². The second-order valence-electron chi connectivity index (χ2n) is 11.2. The van der Waals surface area contributed by atoms with E-state index in [1.54, 1.807) is 29.2 Å². The molecule has 234 valence electrons. The van der Waals surface area contributed by atoms with Crippen molar-refractivity contribution < 1.29 is 37.4 Å². The van der Waals surface area contributed by atoms with Gasteiger partial charge in [-0.15, -0.1) is 0 Å². The summed E-state index contributed by atoms with van der Waals surface area (Å²) in [6.07, 6.45) is 0.623. The van der Waals surface area contributed by atoms with Crippen LogP contribution in [0.4, 0.5) is 5.69 Å². The number of aliphatic hydroxyl groups excluding tert-OH is 1. The van der Waals surface area contributed by atoms with Crippen molar-refractivity contribution in [2.75, 3.05) is 77.1 Å². The summed E-state index contributed by atoms with van der Waals surface area (Å²) in [6.45, 7) is 6.02. The second-order valence-corrected chi connectivity index (χ2v) is 13.1. The SMILES string of the molecule is CCCN1C(=O)C2(/C(=C(/O)c3cccc(S(=O)(=O)N4CCOCC4)c3)C(=O)C(=O)N2CCN2CCOCC2)c2ccccc21. The number of para-hydroxylation sites is 1. The molecule has 44 heavy (non-hydrogen) atoms. The van der Waals surface area contributed by atoms with Crippen molar-refractivity contribution in [3.63, 3.8) is 0 Å². The number of aliphatic hydroxyl groups is 1. The number of amides is 2. The summed E-state index contributed by atoms with van der Waals surface area (Å²) < 4.78 is 38.9. The lowest BCUT2D eigenvalue weighted by Crippen LogP contribution is -2.54. The number of hydrogen-bond acceptors (Lipinski definition) is 9. The van der Waals surface area contributed by atoms with E-state index >= 15 is 0 Å². The first kappa shape index (κ1) is 30.4. The van der Waals surface area contributed by atoms with Gasteiger partial charge in [0, 0.05) is 56.9 Å². The molecule has 1 atom stereocenters. The highest BCUT2D eigenvalue weighted by molar-refractivity contribution is 7.89. The minimum atomic E-state index is -3.93. The van der Waals surface area contributed by atoms with E-state index in [0.29, 0.717) is 57.1 Å². The Morgan fingerprint density at radius 1 is 0.886 bits per heavy atom. The van der Waals surface area contributed by atoms with E-state index in [0.717, 1.165) is 0 Å². The fraction of sp³-hybridized carbons (Fsp3) is 0.452. The molecule has 4 aliphatic rings. The van der Waals surface area contributed by atoms with Crippen LogP contribution in [0.2, 0.25) is 0 Å². The predicted octanol–water partition coefficient (Wildman–Crippen LogP) is 1.37. The molecule has 0 aromatic heterocycles. The molecule has 1 N–H and O–H groups in total. The Morgan fingerprint density at radius 3 is 2.27 bits per heavy atom. The van der Waals surface area contributed by atoms with Crippen LogP contribution < -0.4 is 4.90 Å². The van der Waals surface area contributed by atoms with Crippen molar-refractivity contribution in [3.8, 4) is 0 Å². The van der Waals surface area contributed by atoms with E-state index in [1.807, 2.05) is 6.92 Å². The van der Waals surface area contributed by atoms with Gasteiger partial charge in [-0.25, -0.2) is 8.42 Å². The Morgan fingerprint density at radius 2 is 1.57 bits per heavy atom. The summed E-state index contributed by atoms with van der Waals surface area (Å²) in [5.41, 5.74) is -1.26. The van der Waals surface area contributed by atoms with Crippen molar-refractivity contribution in [2.45, 2.75) is 23.8 Å². The van der Waals surface area contributed by atoms with Gasteiger partial charge in [-0.3, -0.25) is 19.3 Å². The standard InChI is InChI=1S/C31H36N4O8S/c1-2-10-34-25-9-4-3-8-24(25)31(30(34)39)26(28(37)29(38)35(31)12-11-32-13-17-42-18-14-32)27(36)22-6-5-7-23(21-22)44(40,41)33-15-19-43-20-16-33/h3-9,21,36H,2,10-20H2,1H3/b27-26+. The zero-order chi connectivity index (χ0) is 31.1. The molecule has 1 unspecified atom stereocenters. The normalized spacial score (nSPS) is 24.4. The Bertz CT molecular complexity index is 1610. The third-order valence-corrected chi connectivity index (χ3v) is 10.6. The molecule has 0 bridgehead atoms. The van der Waals surface area contributed by atoms with Crippen LogP contribution in [0.5, 0.6) is 0 Å². The number of carbonyl (C=O) groups is 3. The molecule has 13 heteroatoms. The highest BCUT2D eigenvalue weighted by Crippen LogP contribution is 2.53. The molecule has 0 radical (unpaired) electrons. The maximum absolute atomic E-state index is 14.6. The smallest absolute Gasteiger partial charge is 0.296 e. The molecule has 0 aliphatic carbocycles. The first-order chi connectivity index (χ1) is 21.2. The fourth-order valence-electron chi connectivity index (χ4n) is 6.56. The van der Waals surface area contributed by atoms with Crippen LogP contribution in [0.1, 0.15) is 24.5 Å². The molecule has 6 rings (SSSR count). The summed E-state index contributed by atoms with van der Waals surface area (Å²) >= 11 is 0. The summed E-state index contributed by atoms with van der Waals surface area (Å²) in [5, 5.41) is 11.9. The molecule has 4 aliphatic heterocycles. The zero-order valence-electron chi connectivity index (χ0n) is 24.6. The van der Waals surface area contributed by atoms with E-state index in [-0.39, 0.29) is 48.9 Å². The fourth-order valence-corrected chi connectivity index (χ4v) is 8.02. The highest BCUT2D eigenvalue weighted by Gasteiger charge is 2.67. The molecular formula is C31H36N4O8S. The zero-order valence-corrected chi connectivity index (χ0v) is 25.4. The maximum Gasteiger partial charge on any atom is 0.296 e. The van der Waals surface area contributed by atoms with Crippen LogP contribution in [0.25, 0.3) is 5.76 Å². The second kappa shape index (κ2) is 12.1. The number of fused-ring (bicyclic) bond motifs is 2. The molecule has 2 aromatic rings. The van der Waals surface area contributed by atoms with Crippen molar-refractivity contribution in [3.05, 3.63) is 65.2 Å². The van der Waals surface area contributed by atoms with E-state index in [9.17, 15) is 27.9 Å². The Kier molecular flexibility index (Phi) is 8.33. The number of sulfonamides is 1. The summed E-state index contributed by atoms with van der Waals surface area (Å²) in [7, 11) is -3.93. The number of nitrogens with zero attached hydrogens (tertiary/aromatic N) is 4. The number of benzene rings is 2. The van der Waals surface area contributed by atoms with Gasteiger partial charge >= 0.3 is 0 Å². The number of rotatable bonds is 8. The van der Waals surface area contributed by atoms with E-state index in [4.69, 9.17) is 9.47 Å². The summed E-state index contributed by atoms with van der Waals surface area (Å²) in [4.78, 5) is 47.3. The Hall–Kier alpha value is -3.62. The van der Waals surface area contributed by atoms with Gasteiger partial charge in [-0.2, -0.15) is 4.31 Å². The van der Waals surface area contributed by atoms with E-state index < -0.39 is 38.9 Å². The highest BCUT2D eigenvalue weighted by atomic mass is 32.2. The van der Waals surface area contributed by atoms with Gasteiger partial charge < -0.3 is 24.4 Å². The lowest BCUT2D eigenvalue weighted by atomic mass is 9.82. The topological polar surface area (TPSA) is 137 Å². The number of likely N-dealkylation sites (tertiary alicyclic amines) is 1. The van der Waals surface area contributed by atoms with Gasteiger partial charge in [0.05, 0.1) is 42.6 Å². The van der Waals surface area contributed by atoms with Crippen molar-refractivity contribution in [1.29, 1.82) is 0 Å². The summed E-state index contributed by atoms with van der Waals surface area (Å²) in [6, 6.07) is 12.6. The first-order valence-corrected chi connectivity index (χ1v) is 16.4. The first-order valence-electron chi connectivity index (χ1n) is 14.9. The summed E-state index contributed by atoms with van der Waals surface area (Å²) in [5.74, 6) is -2.98. The number of Topliss-reactive ketones (excluding diaryl/α,β-unsaturated/α-hetero) is 1. The van der Waals surface area contributed by atoms with Crippen molar-refractivity contribution in [2.24, 2.45) is 0 Å². The van der Waals surface area contributed by atoms with Crippen LogP contribution in [-0.4, -0.2) is 117 Å². The molecule has 0 saturated carbocycles. The largest absolute Gasteiger partial charge is 0.507 e. The number of hydrogen-bond donors (Lipinski definition) is 1. The third-order valence-electron chi connectivity index (χ3n) is 8.72. The number of carbonyl (C=O) groups excluding carboxylic acids is 3. The van der Waals surface area contributed by atoms with Gasteiger partial charge in [-0.05, 0) is 24.6 Å². The average molecular weight is 625 g/mol. The van der Waals surface area contributed by atoms with Gasteiger partial charge in [-0.1, -0.05) is 37.3 Å². The maximum atomic E-state index is 14.6. The lowest BCUT2D eigenvalue weighted by Gasteiger charge is -2.36. The van der Waals surface area contributed by atoms with Gasteiger partial charge in [0.25, 0.3) is 17.6 Å². The number of ketones is 1. The van der Waals surface area contributed by atoms with E-state index in [2.05, 4.69) is 4.90 Å². The molecule has 12 nitrogen and oxygen atoms in total. The minimum absolute atomic E-state index is 0.0177. The van der Waals surface area contributed by atoms with Crippen molar-refractivity contribution in [1.82, 2.24) is 14.1 Å². The molecule has 2 aromatic carbocycles. The van der Waals surface area contributed by atoms with Crippen LogP contribution >= 0.6 is 0 Å². The van der Waals surface area contributed by atoms with Crippen LogP contribution in [0.15, 0.2) is 59.0 Å². The third kappa shape index (κ3) is 4.83. The Labute approximate surface area is 256 Å². The molecule has 3 fully saturated rings.